The van der Waals surface area contributed by atoms with Crippen LogP contribution in [-0.2, 0) is 4.79 Å². The molecule has 1 amide bonds. The van der Waals surface area contributed by atoms with Crippen LogP contribution in [0.15, 0.2) is 58.4 Å². The van der Waals surface area contributed by atoms with E-state index in [1.54, 1.807) is 26.4 Å². The summed E-state index contributed by atoms with van der Waals surface area (Å²) in [5.74, 6) is 0.935. The lowest BCUT2D eigenvalue weighted by Gasteiger charge is -2.10. The Kier molecular flexibility index (Phi) is 6.26. The summed E-state index contributed by atoms with van der Waals surface area (Å²) in [5, 5.41) is 5.25. The van der Waals surface area contributed by atoms with Crippen molar-refractivity contribution in [2.45, 2.75) is 0 Å². The SMILES string of the molecule is COc1cc(C=CC(=O)Nc2nc(-c3ccccc3)cs2)cc(Br)c1OC. The first-order valence-electron chi connectivity index (χ1n) is 8.02. The maximum Gasteiger partial charge on any atom is 0.250 e. The molecule has 7 heteroatoms. The first-order valence-corrected chi connectivity index (χ1v) is 9.69. The highest BCUT2D eigenvalue weighted by molar-refractivity contribution is 9.10. The molecule has 0 unspecified atom stereocenters. The molecule has 0 bridgehead atoms. The second-order valence-corrected chi connectivity index (χ2v) is 7.18. The molecule has 0 radical (unpaired) electrons. The lowest BCUT2D eigenvalue weighted by molar-refractivity contribution is -0.111. The Labute approximate surface area is 169 Å². The molecule has 1 N–H and O–H groups in total. The number of hydrogen-bond donors (Lipinski definition) is 1. The van der Waals surface area contributed by atoms with E-state index < -0.39 is 0 Å². The number of benzene rings is 2. The van der Waals surface area contributed by atoms with Crippen molar-refractivity contribution in [2.75, 3.05) is 19.5 Å². The molecule has 138 valence electrons. The maximum atomic E-state index is 12.2. The molecule has 2 aromatic carbocycles. The lowest BCUT2D eigenvalue weighted by atomic mass is 10.2. The van der Waals surface area contributed by atoms with Gasteiger partial charge in [0.2, 0.25) is 5.91 Å². The zero-order chi connectivity index (χ0) is 19.2. The maximum absolute atomic E-state index is 12.2. The lowest BCUT2D eigenvalue weighted by Crippen LogP contribution is -2.07. The number of amides is 1. The summed E-state index contributed by atoms with van der Waals surface area (Å²) in [4.78, 5) is 16.6. The first-order chi connectivity index (χ1) is 13.1. The van der Waals surface area contributed by atoms with Gasteiger partial charge in [0.05, 0.1) is 24.4 Å². The topological polar surface area (TPSA) is 60.5 Å². The fraction of sp³-hybridized carbons (Fsp3) is 0.100. The number of halogens is 1. The van der Waals surface area contributed by atoms with Gasteiger partial charge in [-0.1, -0.05) is 30.3 Å². The van der Waals surface area contributed by atoms with Crippen molar-refractivity contribution in [3.63, 3.8) is 0 Å². The number of carbonyl (C=O) groups is 1. The predicted molar refractivity (Wildman–Crippen MR) is 112 cm³/mol. The van der Waals surface area contributed by atoms with Gasteiger partial charge in [0.1, 0.15) is 0 Å². The fourth-order valence-electron chi connectivity index (χ4n) is 2.43. The minimum Gasteiger partial charge on any atom is -0.493 e. The molecule has 3 aromatic rings. The van der Waals surface area contributed by atoms with Gasteiger partial charge in [0.15, 0.2) is 16.6 Å². The molecule has 1 aromatic heterocycles. The smallest absolute Gasteiger partial charge is 0.250 e. The number of ether oxygens (including phenoxy) is 2. The van der Waals surface area contributed by atoms with Gasteiger partial charge in [0.25, 0.3) is 0 Å². The average Bonchev–Trinajstić information content (AvgIpc) is 3.15. The standard InChI is InChI=1S/C20H17BrN2O3S/c1-25-17-11-13(10-15(21)19(17)26-2)8-9-18(24)23-20-22-16(12-27-20)14-6-4-3-5-7-14/h3-12H,1-2H3,(H,22,23,24). The zero-order valence-electron chi connectivity index (χ0n) is 14.7. The largest absolute Gasteiger partial charge is 0.493 e. The number of rotatable bonds is 6. The van der Waals surface area contributed by atoms with Crippen molar-refractivity contribution in [1.82, 2.24) is 4.98 Å². The van der Waals surface area contributed by atoms with Crippen molar-refractivity contribution in [1.29, 1.82) is 0 Å². The molecule has 0 atom stereocenters. The van der Waals surface area contributed by atoms with Gasteiger partial charge in [-0.15, -0.1) is 11.3 Å². The Hall–Kier alpha value is -2.64. The van der Waals surface area contributed by atoms with Crippen molar-refractivity contribution in [3.05, 3.63) is 64.0 Å². The molecule has 0 aliphatic heterocycles. The van der Waals surface area contributed by atoms with E-state index in [1.807, 2.05) is 41.8 Å². The van der Waals surface area contributed by atoms with Crippen molar-refractivity contribution < 1.29 is 14.3 Å². The molecule has 0 spiro atoms. The molecule has 1 heterocycles. The Morgan fingerprint density at radius 3 is 2.67 bits per heavy atom. The summed E-state index contributed by atoms with van der Waals surface area (Å²) in [7, 11) is 3.14. The highest BCUT2D eigenvalue weighted by atomic mass is 79.9. The summed E-state index contributed by atoms with van der Waals surface area (Å²) in [6.45, 7) is 0. The minimum absolute atomic E-state index is 0.255. The Bertz CT molecular complexity index is 971. The third kappa shape index (κ3) is 4.75. The Morgan fingerprint density at radius 2 is 1.96 bits per heavy atom. The first kappa shape index (κ1) is 19.1. The van der Waals surface area contributed by atoms with E-state index in [1.165, 1.54) is 17.4 Å². The van der Waals surface area contributed by atoms with Gasteiger partial charge in [-0.05, 0) is 39.7 Å². The van der Waals surface area contributed by atoms with Crippen LogP contribution in [0.4, 0.5) is 5.13 Å². The van der Waals surface area contributed by atoms with Gasteiger partial charge >= 0.3 is 0 Å². The van der Waals surface area contributed by atoms with E-state index in [0.717, 1.165) is 21.3 Å². The molecular formula is C20H17BrN2O3S. The van der Waals surface area contributed by atoms with Crippen LogP contribution in [0.5, 0.6) is 11.5 Å². The number of aromatic nitrogens is 1. The molecule has 0 fully saturated rings. The molecule has 27 heavy (non-hydrogen) atoms. The molecular weight excluding hydrogens is 428 g/mol. The molecule has 0 saturated heterocycles. The summed E-state index contributed by atoms with van der Waals surface area (Å²) >= 11 is 4.82. The molecule has 0 aliphatic rings. The van der Waals surface area contributed by atoms with Gasteiger partial charge < -0.3 is 9.47 Å². The highest BCUT2D eigenvalue weighted by Crippen LogP contribution is 2.36. The summed E-state index contributed by atoms with van der Waals surface area (Å²) in [5.41, 5.74) is 2.66. The van der Waals surface area contributed by atoms with E-state index >= 15 is 0 Å². The number of hydrogen-bond acceptors (Lipinski definition) is 5. The van der Waals surface area contributed by atoms with Gasteiger partial charge in [-0.2, -0.15) is 0 Å². The Balaban J connectivity index is 1.69. The monoisotopic (exact) mass is 444 g/mol. The van der Waals surface area contributed by atoms with Crippen molar-refractivity contribution >= 4 is 44.4 Å². The van der Waals surface area contributed by atoms with Crippen LogP contribution in [0.25, 0.3) is 17.3 Å². The summed E-state index contributed by atoms with van der Waals surface area (Å²) in [6.07, 6.45) is 3.16. The van der Waals surface area contributed by atoms with E-state index in [-0.39, 0.29) is 5.91 Å². The van der Waals surface area contributed by atoms with Crippen LogP contribution in [0.1, 0.15) is 5.56 Å². The van der Waals surface area contributed by atoms with E-state index in [0.29, 0.717) is 16.6 Å². The molecule has 0 aliphatic carbocycles. The summed E-state index contributed by atoms with van der Waals surface area (Å²) in [6, 6.07) is 13.5. The number of anilines is 1. The number of nitrogens with one attached hydrogen (secondary N) is 1. The van der Waals surface area contributed by atoms with E-state index in [2.05, 4.69) is 26.2 Å². The quantitative estimate of drug-likeness (QED) is 0.527. The van der Waals surface area contributed by atoms with Crippen LogP contribution in [0.3, 0.4) is 0 Å². The van der Waals surface area contributed by atoms with Crippen LogP contribution in [-0.4, -0.2) is 25.1 Å². The van der Waals surface area contributed by atoms with Gasteiger partial charge in [-0.25, -0.2) is 4.98 Å². The fourth-order valence-corrected chi connectivity index (χ4v) is 3.77. The number of methoxy groups -OCH3 is 2. The van der Waals surface area contributed by atoms with Gasteiger partial charge in [-0.3, -0.25) is 10.1 Å². The van der Waals surface area contributed by atoms with Crippen LogP contribution in [0.2, 0.25) is 0 Å². The summed E-state index contributed by atoms with van der Waals surface area (Å²) < 4.78 is 11.3. The number of thiazole rings is 1. The van der Waals surface area contributed by atoms with Crippen LogP contribution in [0, 0.1) is 0 Å². The predicted octanol–water partition coefficient (Wildman–Crippen LogP) is 5.24. The third-order valence-corrected chi connectivity index (χ3v) is 5.03. The normalized spacial score (nSPS) is 10.8. The Morgan fingerprint density at radius 1 is 1.19 bits per heavy atom. The molecule has 5 nitrogen and oxygen atoms in total. The van der Waals surface area contributed by atoms with Crippen molar-refractivity contribution in [3.8, 4) is 22.8 Å². The average molecular weight is 445 g/mol. The zero-order valence-corrected chi connectivity index (χ0v) is 17.1. The van der Waals surface area contributed by atoms with Crippen LogP contribution >= 0.6 is 27.3 Å². The number of nitrogens with zero attached hydrogens (tertiary/aromatic N) is 1. The van der Waals surface area contributed by atoms with E-state index in [4.69, 9.17) is 9.47 Å². The molecule has 3 rings (SSSR count). The van der Waals surface area contributed by atoms with Crippen molar-refractivity contribution in [2.24, 2.45) is 0 Å². The van der Waals surface area contributed by atoms with Gasteiger partial charge in [0, 0.05) is 17.0 Å². The highest BCUT2D eigenvalue weighted by Gasteiger charge is 2.10. The molecule has 0 saturated carbocycles. The minimum atomic E-state index is -0.255. The van der Waals surface area contributed by atoms with E-state index in [9.17, 15) is 4.79 Å². The second kappa shape index (κ2) is 8.83. The van der Waals surface area contributed by atoms with Crippen LogP contribution < -0.4 is 14.8 Å². The third-order valence-electron chi connectivity index (χ3n) is 3.69. The second-order valence-electron chi connectivity index (χ2n) is 5.46. The number of carbonyl (C=O) groups excluding carboxylic acids is 1.